The van der Waals surface area contributed by atoms with Gasteiger partial charge in [-0.1, -0.05) is 46.3 Å². The number of halogens is 1. The fraction of sp³-hybridized carbons (Fsp3) is 0.333. The number of aliphatic hydroxyl groups is 1. The Hall–Kier alpha value is -1.32. The molecule has 0 aromatic heterocycles. The predicted octanol–water partition coefficient (Wildman–Crippen LogP) is 4.22. The van der Waals surface area contributed by atoms with E-state index < -0.39 is 5.60 Å². The summed E-state index contributed by atoms with van der Waals surface area (Å²) in [6.07, 6.45) is 2.64. The summed E-state index contributed by atoms with van der Waals surface area (Å²) in [5.41, 5.74) is 2.27. The minimum Gasteiger partial charge on any atom is -0.493 e. The van der Waals surface area contributed by atoms with Crippen LogP contribution in [-0.4, -0.2) is 11.7 Å². The van der Waals surface area contributed by atoms with Gasteiger partial charge in [-0.3, -0.25) is 0 Å². The molecule has 0 bridgehead atoms. The molecule has 1 atom stereocenters. The fourth-order valence-corrected chi connectivity index (χ4v) is 3.17. The molecule has 3 heteroatoms. The molecule has 3 rings (SSSR count). The average molecular weight is 347 g/mol. The number of para-hydroxylation sites is 1. The third-order valence-corrected chi connectivity index (χ3v) is 4.50. The van der Waals surface area contributed by atoms with Gasteiger partial charge in [0.1, 0.15) is 5.75 Å². The normalized spacial score (nSPS) is 16.7. The summed E-state index contributed by atoms with van der Waals surface area (Å²) in [7, 11) is 0. The second-order valence-corrected chi connectivity index (χ2v) is 6.74. The van der Waals surface area contributed by atoms with Crippen LogP contribution in [-0.2, 0) is 18.4 Å². The molecular weight excluding hydrogens is 328 g/mol. The van der Waals surface area contributed by atoms with Gasteiger partial charge >= 0.3 is 0 Å². The average Bonchev–Trinajstić information content (AvgIpc) is 2.49. The van der Waals surface area contributed by atoms with Crippen molar-refractivity contribution in [1.29, 1.82) is 0 Å². The Kier molecular flexibility index (Phi) is 4.05. The van der Waals surface area contributed by atoms with Crippen LogP contribution in [0.5, 0.6) is 5.75 Å². The molecule has 0 saturated heterocycles. The highest BCUT2D eigenvalue weighted by atomic mass is 79.9. The van der Waals surface area contributed by atoms with Gasteiger partial charge in [0.15, 0.2) is 0 Å². The number of fused-ring (bicyclic) bond motifs is 1. The van der Waals surface area contributed by atoms with Crippen molar-refractivity contribution in [2.24, 2.45) is 0 Å². The highest BCUT2D eigenvalue weighted by Crippen LogP contribution is 2.37. The summed E-state index contributed by atoms with van der Waals surface area (Å²) in [6.45, 7) is 2.60. The zero-order valence-corrected chi connectivity index (χ0v) is 13.7. The summed E-state index contributed by atoms with van der Waals surface area (Å²) in [6, 6.07) is 14.2. The second-order valence-electron chi connectivity index (χ2n) is 5.82. The lowest BCUT2D eigenvalue weighted by atomic mass is 9.86. The highest BCUT2D eigenvalue weighted by molar-refractivity contribution is 9.10. The molecule has 0 amide bonds. The molecule has 0 spiro atoms. The van der Waals surface area contributed by atoms with E-state index in [1.54, 1.807) is 0 Å². The summed E-state index contributed by atoms with van der Waals surface area (Å²) in [4.78, 5) is 0. The first-order valence-electron chi connectivity index (χ1n) is 7.28. The van der Waals surface area contributed by atoms with Gasteiger partial charge < -0.3 is 9.84 Å². The van der Waals surface area contributed by atoms with Gasteiger partial charge in [-0.2, -0.15) is 0 Å². The van der Waals surface area contributed by atoms with Gasteiger partial charge in [-0.15, -0.1) is 0 Å². The van der Waals surface area contributed by atoms with Crippen molar-refractivity contribution in [2.75, 3.05) is 6.61 Å². The smallest absolute Gasteiger partial charge is 0.128 e. The molecule has 1 aliphatic rings. The molecule has 1 aliphatic heterocycles. The Morgan fingerprint density at radius 3 is 2.71 bits per heavy atom. The maximum absolute atomic E-state index is 11.0. The Morgan fingerprint density at radius 2 is 1.95 bits per heavy atom. The topological polar surface area (TPSA) is 29.5 Å². The van der Waals surface area contributed by atoms with Gasteiger partial charge in [-0.05, 0) is 43.0 Å². The van der Waals surface area contributed by atoms with E-state index in [2.05, 4.69) is 22.0 Å². The zero-order valence-electron chi connectivity index (χ0n) is 12.1. The SMILES string of the molecule is CC(O)(Cc1ccc(Br)cc1)c1cccc2c1OCCC2. The highest BCUT2D eigenvalue weighted by Gasteiger charge is 2.29. The summed E-state index contributed by atoms with van der Waals surface area (Å²) < 4.78 is 6.88. The van der Waals surface area contributed by atoms with Crippen LogP contribution < -0.4 is 4.74 Å². The molecule has 2 nitrogen and oxygen atoms in total. The van der Waals surface area contributed by atoms with Gasteiger partial charge in [0.25, 0.3) is 0 Å². The summed E-state index contributed by atoms with van der Waals surface area (Å²) in [5.74, 6) is 0.880. The first kappa shape index (κ1) is 14.6. The third-order valence-electron chi connectivity index (χ3n) is 3.98. The number of hydrogen-bond acceptors (Lipinski definition) is 2. The van der Waals surface area contributed by atoms with Crippen LogP contribution in [0.4, 0.5) is 0 Å². The van der Waals surface area contributed by atoms with Crippen LogP contribution in [0.1, 0.15) is 30.0 Å². The zero-order chi connectivity index (χ0) is 14.9. The second kappa shape index (κ2) is 5.82. The van der Waals surface area contributed by atoms with E-state index in [-0.39, 0.29) is 0 Å². The predicted molar refractivity (Wildman–Crippen MR) is 87.7 cm³/mol. The monoisotopic (exact) mass is 346 g/mol. The largest absolute Gasteiger partial charge is 0.493 e. The van der Waals surface area contributed by atoms with Crippen LogP contribution >= 0.6 is 15.9 Å². The molecule has 110 valence electrons. The molecule has 1 heterocycles. The number of ether oxygens (including phenoxy) is 1. The lowest BCUT2D eigenvalue weighted by molar-refractivity contribution is 0.0535. The van der Waals surface area contributed by atoms with Crippen LogP contribution in [0.2, 0.25) is 0 Å². The van der Waals surface area contributed by atoms with E-state index in [1.807, 2.05) is 43.3 Å². The Balaban J connectivity index is 1.92. The number of aryl methyl sites for hydroxylation is 1. The maximum atomic E-state index is 11.0. The van der Waals surface area contributed by atoms with Gasteiger partial charge in [0.2, 0.25) is 0 Å². The molecular formula is C18H19BrO2. The van der Waals surface area contributed by atoms with Crippen molar-refractivity contribution in [2.45, 2.75) is 31.8 Å². The van der Waals surface area contributed by atoms with E-state index in [0.717, 1.165) is 40.8 Å². The molecule has 0 aliphatic carbocycles. The first-order chi connectivity index (χ1) is 10.1. The third kappa shape index (κ3) is 3.14. The molecule has 2 aromatic carbocycles. The van der Waals surface area contributed by atoms with E-state index in [0.29, 0.717) is 6.42 Å². The van der Waals surface area contributed by atoms with Crippen LogP contribution in [0, 0.1) is 0 Å². The van der Waals surface area contributed by atoms with Crippen molar-refractivity contribution in [3.8, 4) is 5.75 Å². The van der Waals surface area contributed by atoms with Crippen LogP contribution in [0.3, 0.4) is 0 Å². The lowest BCUT2D eigenvalue weighted by Crippen LogP contribution is -2.26. The molecule has 21 heavy (non-hydrogen) atoms. The molecule has 1 N–H and O–H groups in total. The molecule has 0 radical (unpaired) electrons. The van der Waals surface area contributed by atoms with E-state index in [1.165, 1.54) is 5.56 Å². The fourth-order valence-electron chi connectivity index (χ4n) is 2.91. The van der Waals surface area contributed by atoms with E-state index in [4.69, 9.17) is 4.74 Å². The summed E-state index contributed by atoms with van der Waals surface area (Å²) in [5, 5.41) is 11.0. The Labute approximate surface area is 133 Å². The number of benzene rings is 2. The molecule has 0 saturated carbocycles. The Bertz CT molecular complexity index is 632. The molecule has 2 aromatic rings. The minimum atomic E-state index is -0.934. The van der Waals surface area contributed by atoms with Gasteiger partial charge in [0.05, 0.1) is 12.2 Å². The summed E-state index contributed by atoms with van der Waals surface area (Å²) >= 11 is 3.44. The van der Waals surface area contributed by atoms with E-state index >= 15 is 0 Å². The van der Waals surface area contributed by atoms with Crippen molar-refractivity contribution in [1.82, 2.24) is 0 Å². The quantitative estimate of drug-likeness (QED) is 0.901. The number of hydrogen-bond donors (Lipinski definition) is 1. The lowest BCUT2D eigenvalue weighted by Gasteiger charge is -2.29. The van der Waals surface area contributed by atoms with E-state index in [9.17, 15) is 5.11 Å². The van der Waals surface area contributed by atoms with Crippen LogP contribution in [0.25, 0.3) is 0 Å². The van der Waals surface area contributed by atoms with Crippen molar-refractivity contribution >= 4 is 15.9 Å². The van der Waals surface area contributed by atoms with Crippen molar-refractivity contribution in [3.63, 3.8) is 0 Å². The van der Waals surface area contributed by atoms with Crippen molar-refractivity contribution in [3.05, 3.63) is 63.6 Å². The molecule has 1 unspecified atom stereocenters. The Morgan fingerprint density at radius 1 is 1.19 bits per heavy atom. The van der Waals surface area contributed by atoms with Crippen LogP contribution in [0.15, 0.2) is 46.9 Å². The van der Waals surface area contributed by atoms with Gasteiger partial charge in [-0.25, -0.2) is 0 Å². The van der Waals surface area contributed by atoms with Gasteiger partial charge in [0, 0.05) is 16.5 Å². The van der Waals surface area contributed by atoms with Crippen molar-refractivity contribution < 1.29 is 9.84 Å². The number of rotatable bonds is 3. The molecule has 0 fully saturated rings. The standard InChI is InChI=1S/C18H19BrO2/c1-18(20,12-13-7-9-15(19)10-8-13)16-6-2-4-14-5-3-11-21-17(14)16/h2,4,6-10,20H,3,5,11-12H2,1H3. The minimum absolute atomic E-state index is 0.570. The maximum Gasteiger partial charge on any atom is 0.128 e. The first-order valence-corrected chi connectivity index (χ1v) is 8.07.